The van der Waals surface area contributed by atoms with Gasteiger partial charge in [-0.25, -0.2) is 0 Å². The van der Waals surface area contributed by atoms with Gasteiger partial charge in [-0.3, -0.25) is 4.99 Å². The van der Waals surface area contributed by atoms with Crippen molar-refractivity contribution in [3.63, 3.8) is 0 Å². The van der Waals surface area contributed by atoms with Gasteiger partial charge in [0, 0.05) is 45.1 Å². The molecule has 1 heterocycles. The molecule has 0 aromatic heterocycles. The molecule has 0 spiro atoms. The van der Waals surface area contributed by atoms with Crippen molar-refractivity contribution in [3.8, 4) is 0 Å². The number of nitrogens with zero attached hydrogens (tertiary/aromatic N) is 2. The fourth-order valence-electron chi connectivity index (χ4n) is 5.07. The number of ether oxygens (including phenoxy) is 2. The van der Waals surface area contributed by atoms with Crippen LogP contribution in [0.2, 0.25) is 0 Å². The lowest BCUT2D eigenvalue weighted by Gasteiger charge is -2.40. The van der Waals surface area contributed by atoms with Crippen LogP contribution in [0, 0.1) is 12.8 Å². The zero-order chi connectivity index (χ0) is 20.5. The molecule has 1 unspecified atom stereocenters. The van der Waals surface area contributed by atoms with Gasteiger partial charge < -0.3 is 19.7 Å². The van der Waals surface area contributed by atoms with Crippen LogP contribution < -0.4 is 5.32 Å². The Balaban J connectivity index is 0.00000320. The molecule has 1 aliphatic heterocycles. The minimum atomic E-state index is 0. The molecule has 1 saturated heterocycles. The van der Waals surface area contributed by atoms with E-state index in [1.807, 2.05) is 7.05 Å². The SMILES string of the molecule is CN=C(NCC1(c2ccccc2C)CCCCC1)N1CCC(COCCOC)C1.I. The zero-order valence-electron chi connectivity index (χ0n) is 19.0. The number of halogens is 1. The first-order valence-electron chi connectivity index (χ1n) is 11.3. The second-order valence-corrected chi connectivity index (χ2v) is 8.73. The van der Waals surface area contributed by atoms with E-state index in [-0.39, 0.29) is 29.4 Å². The summed E-state index contributed by atoms with van der Waals surface area (Å²) >= 11 is 0. The number of hydrogen-bond acceptors (Lipinski definition) is 3. The standard InChI is InChI=1S/C24H39N3O2.HI/c1-20-9-5-6-10-22(20)24(12-7-4-8-13-24)19-26-23(25-2)27-14-11-21(17-27)18-29-16-15-28-3;/h5-6,9-10,21H,4,7-8,11-19H2,1-3H3,(H,25,26);1H. The Labute approximate surface area is 200 Å². The van der Waals surface area contributed by atoms with Crippen LogP contribution >= 0.6 is 24.0 Å². The minimum Gasteiger partial charge on any atom is -0.382 e. The molecule has 2 fully saturated rings. The van der Waals surface area contributed by atoms with Crippen LogP contribution in [0.1, 0.15) is 49.7 Å². The number of benzene rings is 1. The number of likely N-dealkylation sites (tertiary alicyclic amines) is 1. The quantitative estimate of drug-likeness (QED) is 0.235. The predicted molar refractivity (Wildman–Crippen MR) is 135 cm³/mol. The second kappa shape index (κ2) is 12.9. The number of guanidine groups is 1. The number of hydrogen-bond donors (Lipinski definition) is 1. The van der Waals surface area contributed by atoms with Crippen molar-refractivity contribution in [2.45, 2.75) is 50.9 Å². The van der Waals surface area contributed by atoms with Crippen LogP contribution in [0.15, 0.2) is 29.3 Å². The molecule has 1 N–H and O–H groups in total. The summed E-state index contributed by atoms with van der Waals surface area (Å²) in [5.41, 5.74) is 3.16. The maximum Gasteiger partial charge on any atom is 0.193 e. The van der Waals surface area contributed by atoms with Crippen molar-refractivity contribution in [2.24, 2.45) is 10.9 Å². The van der Waals surface area contributed by atoms with Crippen molar-refractivity contribution >= 4 is 29.9 Å². The summed E-state index contributed by atoms with van der Waals surface area (Å²) in [5.74, 6) is 1.62. The van der Waals surface area contributed by atoms with Crippen molar-refractivity contribution in [1.29, 1.82) is 0 Å². The van der Waals surface area contributed by atoms with Crippen LogP contribution in [-0.2, 0) is 14.9 Å². The van der Waals surface area contributed by atoms with Crippen molar-refractivity contribution in [2.75, 3.05) is 53.6 Å². The van der Waals surface area contributed by atoms with Gasteiger partial charge in [-0.15, -0.1) is 24.0 Å². The van der Waals surface area contributed by atoms with Crippen LogP contribution in [0.3, 0.4) is 0 Å². The Hall–Kier alpha value is -0.860. The fraction of sp³-hybridized carbons (Fsp3) is 0.708. The first-order valence-corrected chi connectivity index (χ1v) is 11.3. The number of aliphatic imine (C=N–C) groups is 1. The van der Waals surface area contributed by atoms with Gasteiger partial charge in [-0.1, -0.05) is 43.5 Å². The highest BCUT2D eigenvalue weighted by atomic mass is 127. The average molecular weight is 530 g/mol. The monoisotopic (exact) mass is 529 g/mol. The molecule has 3 rings (SSSR count). The van der Waals surface area contributed by atoms with Gasteiger partial charge in [0.25, 0.3) is 0 Å². The molecular weight excluding hydrogens is 489 g/mol. The molecule has 6 heteroatoms. The molecule has 170 valence electrons. The zero-order valence-corrected chi connectivity index (χ0v) is 21.3. The Morgan fingerprint density at radius 3 is 2.67 bits per heavy atom. The van der Waals surface area contributed by atoms with E-state index >= 15 is 0 Å². The first-order chi connectivity index (χ1) is 14.2. The Kier molecular flexibility index (Phi) is 10.9. The molecule has 5 nitrogen and oxygen atoms in total. The Bertz CT molecular complexity index is 662. The van der Waals surface area contributed by atoms with E-state index in [0.717, 1.165) is 38.6 Å². The topological polar surface area (TPSA) is 46.1 Å². The van der Waals surface area contributed by atoms with E-state index in [9.17, 15) is 0 Å². The fourth-order valence-corrected chi connectivity index (χ4v) is 5.07. The number of methoxy groups -OCH3 is 1. The lowest BCUT2D eigenvalue weighted by Crippen LogP contribution is -2.48. The largest absolute Gasteiger partial charge is 0.382 e. The summed E-state index contributed by atoms with van der Waals surface area (Å²) in [6.45, 7) is 7.45. The van der Waals surface area contributed by atoms with Gasteiger partial charge in [0.15, 0.2) is 5.96 Å². The van der Waals surface area contributed by atoms with Gasteiger partial charge in [-0.2, -0.15) is 0 Å². The Morgan fingerprint density at radius 2 is 1.97 bits per heavy atom. The van der Waals surface area contributed by atoms with E-state index in [0.29, 0.717) is 19.1 Å². The predicted octanol–water partition coefficient (Wildman–Crippen LogP) is 4.38. The highest BCUT2D eigenvalue weighted by molar-refractivity contribution is 14.0. The lowest BCUT2D eigenvalue weighted by molar-refractivity contribution is 0.0536. The molecule has 0 radical (unpaired) electrons. The van der Waals surface area contributed by atoms with Crippen molar-refractivity contribution < 1.29 is 9.47 Å². The van der Waals surface area contributed by atoms with Crippen LogP contribution in [0.4, 0.5) is 0 Å². The van der Waals surface area contributed by atoms with E-state index in [1.54, 1.807) is 7.11 Å². The van der Waals surface area contributed by atoms with Crippen molar-refractivity contribution in [3.05, 3.63) is 35.4 Å². The smallest absolute Gasteiger partial charge is 0.193 e. The molecule has 0 bridgehead atoms. The summed E-state index contributed by atoms with van der Waals surface area (Å²) in [6.07, 6.45) is 7.68. The van der Waals surface area contributed by atoms with Crippen LogP contribution in [0.5, 0.6) is 0 Å². The maximum atomic E-state index is 5.75. The van der Waals surface area contributed by atoms with Crippen LogP contribution in [0.25, 0.3) is 0 Å². The average Bonchev–Trinajstić information content (AvgIpc) is 3.21. The van der Waals surface area contributed by atoms with Gasteiger partial charge in [0.2, 0.25) is 0 Å². The van der Waals surface area contributed by atoms with Gasteiger partial charge in [-0.05, 0) is 37.3 Å². The Morgan fingerprint density at radius 1 is 1.20 bits per heavy atom. The maximum absolute atomic E-state index is 5.75. The molecule has 1 aliphatic carbocycles. The second-order valence-electron chi connectivity index (χ2n) is 8.73. The van der Waals surface area contributed by atoms with Crippen molar-refractivity contribution in [1.82, 2.24) is 10.2 Å². The third-order valence-corrected chi connectivity index (χ3v) is 6.69. The van der Waals surface area contributed by atoms with Crippen LogP contribution in [-0.4, -0.2) is 64.5 Å². The summed E-state index contributed by atoms with van der Waals surface area (Å²) in [5, 5.41) is 3.76. The normalized spacial score (nSPS) is 21.4. The molecular formula is C24H40IN3O2. The third kappa shape index (κ3) is 6.57. The molecule has 30 heavy (non-hydrogen) atoms. The number of aryl methyl sites for hydroxylation is 1. The minimum absolute atomic E-state index is 0. The summed E-state index contributed by atoms with van der Waals surface area (Å²) in [4.78, 5) is 7.02. The highest BCUT2D eigenvalue weighted by Gasteiger charge is 2.35. The van der Waals surface area contributed by atoms with Gasteiger partial charge >= 0.3 is 0 Å². The number of nitrogens with one attached hydrogen (secondary N) is 1. The van der Waals surface area contributed by atoms with Gasteiger partial charge in [0.1, 0.15) is 0 Å². The highest BCUT2D eigenvalue weighted by Crippen LogP contribution is 2.40. The van der Waals surface area contributed by atoms with E-state index in [2.05, 4.69) is 46.4 Å². The molecule has 0 amide bonds. The molecule has 1 aromatic carbocycles. The summed E-state index contributed by atoms with van der Waals surface area (Å²) in [7, 11) is 3.62. The summed E-state index contributed by atoms with van der Waals surface area (Å²) < 4.78 is 10.8. The van der Waals surface area contributed by atoms with Gasteiger partial charge in [0.05, 0.1) is 19.8 Å². The van der Waals surface area contributed by atoms with E-state index < -0.39 is 0 Å². The lowest BCUT2D eigenvalue weighted by atomic mass is 9.68. The molecule has 1 atom stereocenters. The van der Waals surface area contributed by atoms with E-state index in [1.165, 1.54) is 43.2 Å². The first kappa shape index (κ1) is 25.4. The molecule has 1 saturated carbocycles. The molecule has 2 aliphatic rings. The third-order valence-electron chi connectivity index (χ3n) is 6.69. The van der Waals surface area contributed by atoms with E-state index in [4.69, 9.17) is 9.47 Å². The molecule has 1 aromatic rings. The summed E-state index contributed by atoms with van der Waals surface area (Å²) in [6, 6.07) is 8.95. The number of rotatable bonds is 8.